The highest BCUT2D eigenvalue weighted by Gasteiger charge is 2.34. The first-order valence-corrected chi connectivity index (χ1v) is 4.58. The summed E-state index contributed by atoms with van der Waals surface area (Å²) in [5.41, 5.74) is 1.29. The third kappa shape index (κ3) is 1.32. The van der Waals surface area contributed by atoms with Crippen molar-refractivity contribution in [3.8, 4) is 0 Å². The standard InChI is InChI=1S/C10H12O4/c1-6-8(4-11)7-2-3-13-10(12)9(7)5-14-6/h2,5-6,8,11H,3-4H2,1H3/t6-,8-/m0/s1. The zero-order valence-electron chi connectivity index (χ0n) is 7.90. The Labute approximate surface area is 81.8 Å². The first-order valence-electron chi connectivity index (χ1n) is 4.58. The van der Waals surface area contributed by atoms with Gasteiger partial charge in [0, 0.05) is 5.92 Å². The van der Waals surface area contributed by atoms with Gasteiger partial charge in [0.15, 0.2) is 0 Å². The number of rotatable bonds is 1. The maximum atomic E-state index is 11.3. The molecule has 2 rings (SSSR count). The van der Waals surface area contributed by atoms with E-state index >= 15 is 0 Å². The summed E-state index contributed by atoms with van der Waals surface area (Å²) in [5.74, 6) is -0.490. The molecule has 0 spiro atoms. The number of hydrogen-bond donors (Lipinski definition) is 1. The van der Waals surface area contributed by atoms with Gasteiger partial charge in [0.25, 0.3) is 0 Å². The van der Waals surface area contributed by atoms with Crippen molar-refractivity contribution in [3.63, 3.8) is 0 Å². The molecule has 2 aliphatic rings. The number of hydrogen-bond acceptors (Lipinski definition) is 4. The van der Waals surface area contributed by atoms with Gasteiger partial charge >= 0.3 is 5.97 Å². The van der Waals surface area contributed by atoms with Crippen LogP contribution in [-0.4, -0.2) is 30.4 Å². The highest BCUT2D eigenvalue weighted by atomic mass is 16.5. The smallest absolute Gasteiger partial charge is 0.341 e. The van der Waals surface area contributed by atoms with Gasteiger partial charge in [-0.3, -0.25) is 0 Å². The van der Waals surface area contributed by atoms with E-state index in [1.54, 1.807) is 0 Å². The second-order valence-electron chi connectivity index (χ2n) is 3.42. The van der Waals surface area contributed by atoms with Gasteiger partial charge in [0.1, 0.15) is 12.7 Å². The van der Waals surface area contributed by atoms with Crippen molar-refractivity contribution in [1.29, 1.82) is 0 Å². The molecule has 0 saturated heterocycles. The summed E-state index contributed by atoms with van der Waals surface area (Å²) in [6, 6.07) is 0. The zero-order valence-corrected chi connectivity index (χ0v) is 7.90. The summed E-state index contributed by atoms with van der Waals surface area (Å²) in [6.07, 6.45) is 3.15. The first-order chi connectivity index (χ1) is 6.74. The Morgan fingerprint density at radius 1 is 1.64 bits per heavy atom. The number of fused-ring (bicyclic) bond motifs is 1. The van der Waals surface area contributed by atoms with Gasteiger partial charge in [-0.25, -0.2) is 4.79 Å². The molecule has 76 valence electrons. The predicted octanol–water partition coefficient (Wildman–Crippen LogP) is 0.381. The van der Waals surface area contributed by atoms with Gasteiger partial charge in [-0.05, 0) is 18.6 Å². The molecule has 1 N–H and O–H groups in total. The quantitative estimate of drug-likeness (QED) is 0.616. The highest BCUT2D eigenvalue weighted by molar-refractivity contribution is 5.94. The van der Waals surface area contributed by atoms with Crippen molar-refractivity contribution in [2.45, 2.75) is 13.0 Å². The zero-order chi connectivity index (χ0) is 10.1. The third-order valence-electron chi connectivity index (χ3n) is 2.61. The molecule has 0 aromatic heterocycles. The van der Waals surface area contributed by atoms with Crippen LogP contribution in [-0.2, 0) is 14.3 Å². The van der Waals surface area contributed by atoms with Crippen LogP contribution in [0.2, 0.25) is 0 Å². The van der Waals surface area contributed by atoms with Crippen LogP contribution in [0.1, 0.15) is 6.92 Å². The van der Waals surface area contributed by atoms with E-state index in [0.29, 0.717) is 5.57 Å². The Balaban J connectivity index is 2.37. The van der Waals surface area contributed by atoms with Crippen molar-refractivity contribution in [2.75, 3.05) is 13.2 Å². The maximum Gasteiger partial charge on any atom is 0.341 e. The Morgan fingerprint density at radius 2 is 2.43 bits per heavy atom. The largest absolute Gasteiger partial charge is 0.497 e. The van der Waals surface area contributed by atoms with Crippen LogP contribution < -0.4 is 0 Å². The molecule has 0 bridgehead atoms. The van der Waals surface area contributed by atoms with Gasteiger partial charge in [0.2, 0.25) is 0 Å². The normalized spacial score (nSPS) is 30.9. The van der Waals surface area contributed by atoms with E-state index in [2.05, 4.69) is 0 Å². The number of cyclic esters (lactones) is 1. The lowest BCUT2D eigenvalue weighted by Crippen LogP contribution is -2.33. The molecule has 2 heterocycles. The van der Waals surface area contributed by atoms with Gasteiger partial charge < -0.3 is 14.6 Å². The lowest BCUT2D eigenvalue weighted by Gasteiger charge is -2.31. The van der Waals surface area contributed by atoms with Crippen LogP contribution in [0.15, 0.2) is 23.5 Å². The first kappa shape index (κ1) is 9.27. The van der Waals surface area contributed by atoms with Crippen molar-refractivity contribution in [1.82, 2.24) is 0 Å². The number of carbonyl (C=O) groups excluding carboxylic acids is 1. The van der Waals surface area contributed by atoms with Crippen molar-refractivity contribution < 1.29 is 19.4 Å². The average Bonchev–Trinajstić information content (AvgIpc) is 2.18. The molecule has 14 heavy (non-hydrogen) atoms. The molecular formula is C10H12O4. The molecule has 0 amide bonds. The van der Waals surface area contributed by atoms with Crippen LogP contribution in [0.3, 0.4) is 0 Å². The number of esters is 1. The molecule has 0 saturated carbocycles. The van der Waals surface area contributed by atoms with Crippen LogP contribution in [0, 0.1) is 5.92 Å². The number of carbonyl (C=O) groups is 1. The second kappa shape index (κ2) is 3.46. The van der Waals surface area contributed by atoms with Crippen LogP contribution >= 0.6 is 0 Å². The van der Waals surface area contributed by atoms with Crippen molar-refractivity contribution in [2.24, 2.45) is 5.92 Å². The van der Waals surface area contributed by atoms with Crippen molar-refractivity contribution >= 4 is 5.97 Å². The number of aliphatic hydroxyl groups excluding tert-OH is 1. The molecule has 0 fully saturated rings. The number of ether oxygens (including phenoxy) is 2. The van der Waals surface area contributed by atoms with Gasteiger partial charge in [-0.2, -0.15) is 0 Å². The summed E-state index contributed by atoms with van der Waals surface area (Å²) < 4.78 is 10.1. The minimum Gasteiger partial charge on any atom is -0.497 e. The molecule has 4 heteroatoms. The summed E-state index contributed by atoms with van der Waals surface area (Å²) in [7, 11) is 0. The molecule has 4 nitrogen and oxygen atoms in total. The van der Waals surface area contributed by atoms with E-state index < -0.39 is 0 Å². The Hall–Kier alpha value is -1.29. The van der Waals surface area contributed by atoms with Crippen LogP contribution in [0.5, 0.6) is 0 Å². The van der Waals surface area contributed by atoms with Crippen LogP contribution in [0.25, 0.3) is 0 Å². The van der Waals surface area contributed by atoms with E-state index in [1.807, 2.05) is 13.0 Å². The Morgan fingerprint density at radius 3 is 3.14 bits per heavy atom. The fraction of sp³-hybridized carbons (Fsp3) is 0.500. The van der Waals surface area contributed by atoms with E-state index in [4.69, 9.17) is 9.47 Å². The van der Waals surface area contributed by atoms with E-state index in [0.717, 1.165) is 5.57 Å². The lowest BCUT2D eigenvalue weighted by atomic mass is 9.86. The third-order valence-corrected chi connectivity index (χ3v) is 2.61. The molecule has 0 aromatic rings. The van der Waals surface area contributed by atoms with E-state index in [-0.39, 0.29) is 31.2 Å². The van der Waals surface area contributed by atoms with E-state index in [1.165, 1.54) is 6.26 Å². The molecule has 0 aromatic carbocycles. The Bertz CT molecular complexity index is 316. The monoisotopic (exact) mass is 196 g/mol. The van der Waals surface area contributed by atoms with Crippen molar-refractivity contribution in [3.05, 3.63) is 23.5 Å². The lowest BCUT2D eigenvalue weighted by molar-refractivity contribution is -0.139. The van der Waals surface area contributed by atoms with Gasteiger partial charge in [0.05, 0.1) is 18.4 Å². The minimum absolute atomic E-state index is 0.0163. The molecule has 0 radical (unpaired) electrons. The van der Waals surface area contributed by atoms with E-state index in [9.17, 15) is 9.90 Å². The summed E-state index contributed by atoms with van der Waals surface area (Å²) in [6.45, 7) is 2.14. The molecule has 2 aliphatic heterocycles. The minimum atomic E-state index is -0.368. The Kier molecular flexibility index (Phi) is 2.29. The molecule has 0 aliphatic carbocycles. The number of aliphatic hydroxyl groups is 1. The molecular weight excluding hydrogens is 184 g/mol. The topological polar surface area (TPSA) is 55.8 Å². The highest BCUT2D eigenvalue weighted by Crippen LogP contribution is 2.32. The predicted molar refractivity (Wildman–Crippen MR) is 48.2 cm³/mol. The molecule has 0 unspecified atom stereocenters. The van der Waals surface area contributed by atoms with Gasteiger partial charge in [-0.1, -0.05) is 0 Å². The fourth-order valence-corrected chi connectivity index (χ4v) is 1.75. The average molecular weight is 196 g/mol. The van der Waals surface area contributed by atoms with Crippen LogP contribution in [0.4, 0.5) is 0 Å². The summed E-state index contributed by atoms with van der Waals surface area (Å²) >= 11 is 0. The summed E-state index contributed by atoms with van der Waals surface area (Å²) in [4.78, 5) is 11.3. The van der Waals surface area contributed by atoms with Gasteiger partial charge in [-0.15, -0.1) is 0 Å². The fourth-order valence-electron chi connectivity index (χ4n) is 1.75. The maximum absolute atomic E-state index is 11.3. The summed E-state index contributed by atoms with van der Waals surface area (Å²) in [5, 5.41) is 9.19. The SMILES string of the molecule is C[C@@H]1OC=C2C(=O)OCC=C2[C@H]1CO. The second-order valence-corrected chi connectivity index (χ2v) is 3.42. The molecule has 2 atom stereocenters.